The van der Waals surface area contributed by atoms with Crippen molar-refractivity contribution in [2.75, 3.05) is 16.8 Å². The molecule has 17 heavy (non-hydrogen) atoms. The molecule has 0 radical (unpaired) electrons. The molecule has 0 spiro atoms. The molecular formula is C12H13ClN2S2. The smallest absolute Gasteiger partial charge is 0.184 e. The Kier molecular flexibility index (Phi) is 3.45. The number of thiazole rings is 1. The van der Waals surface area contributed by atoms with Gasteiger partial charge in [-0.3, -0.25) is 0 Å². The summed E-state index contributed by atoms with van der Waals surface area (Å²) in [6.07, 6.45) is 2.47. The summed E-state index contributed by atoms with van der Waals surface area (Å²) in [6.45, 7) is 0. The van der Waals surface area contributed by atoms with Crippen molar-refractivity contribution < 1.29 is 0 Å². The van der Waals surface area contributed by atoms with E-state index < -0.39 is 0 Å². The van der Waals surface area contributed by atoms with E-state index in [-0.39, 0.29) is 0 Å². The van der Waals surface area contributed by atoms with Gasteiger partial charge in [-0.25, -0.2) is 4.98 Å². The van der Waals surface area contributed by atoms with Crippen LogP contribution in [-0.4, -0.2) is 22.5 Å². The molecule has 3 rings (SSSR count). The van der Waals surface area contributed by atoms with E-state index in [4.69, 9.17) is 11.6 Å². The molecule has 1 aliphatic rings. The van der Waals surface area contributed by atoms with Gasteiger partial charge in [0.15, 0.2) is 5.13 Å². The molecule has 1 fully saturated rings. The number of hydrogen-bond donors (Lipinski definition) is 1. The Morgan fingerprint density at radius 1 is 1.29 bits per heavy atom. The minimum absolute atomic E-state index is 0.590. The first-order chi connectivity index (χ1) is 8.31. The molecule has 0 atom stereocenters. The van der Waals surface area contributed by atoms with E-state index in [0.29, 0.717) is 6.04 Å². The first kappa shape index (κ1) is 11.6. The fourth-order valence-corrected chi connectivity index (χ4v) is 4.17. The van der Waals surface area contributed by atoms with E-state index in [2.05, 4.69) is 10.3 Å². The number of nitrogens with one attached hydrogen (secondary N) is 1. The molecule has 90 valence electrons. The molecule has 0 unspecified atom stereocenters. The van der Waals surface area contributed by atoms with Crippen molar-refractivity contribution in [2.45, 2.75) is 18.9 Å². The lowest BCUT2D eigenvalue weighted by molar-refractivity contribution is 0.666. The quantitative estimate of drug-likeness (QED) is 0.892. The topological polar surface area (TPSA) is 24.9 Å². The van der Waals surface area contributed by atoms with Gasteiger partial charge < -0.3 is 5.32 Å². The number of hydrogen-bond acceptors (Lipinski definition) is 4. The number of benzene rings is 1. The first-order valence-corrected chi connectivity index (χ1v) is 8.06. The van der Waals surface area contributed by atoms with Gasteiger partial charge in [0.2, 0.25) is 0 Å². The monoisotopic (exact) mass is 284 g/mol. The van der Waals surface area contributed by atoms with Crippen molar-refractivity contribution in [1.29, 1.82) is 0 Å². The normalized spacial score (nSPS) is 17.5. The molecule has 1 aromatic heterocycles. The van der Waals surface area contributed by atoms with Gasteiger partial charge >= 0.3 is 0 Å². The van der Waals surface area contributed by atoms with E-state index in [1.807, 2.05) is 30.0 Å². The van der Waals surface area contributed by atoms with Crippen molar-refractivity contribution in [2.24, 2.45) is 0 Å². The van der Waals surface area contributed by atoms with Crippen LogP contribution in [0.5, 0.6) is 0 Å². The number of anilines is 1. The van der Waals surface area contributed by atoms with Crippen LogP contribution < -0.4 is 5.32 Å². The van der Waals surface area contributed by atoms with Crippen LogP contribution in [0.15, 0.2) is 18.2 Å². The van der Waals surface area contributed by atoms with Crippen LogP contribution in [0.4, 0.5) is 5.13 Å². The fourth-order valence-electron chi connectivity index (χ4n) is 1.98. The molecule has 0 saturated carbocycles. The van der Waals surface area contributed by atoms with E-state index >= 15 is 0 Å². The molecule has 1 saturated heterocycles. The summed E-state index contributed by atoms with van der Waals surface area (Å²) in [7, 11) is 0. The molecular weight excluding hydrogens is 272 g/mol. The molecule has 0 bridgehead atoms. The van der Waals surface area contributed by atoms with Gasteiger partial charge in [0, 0.05) is 11.1 Å². The highest BCUT2D eigenvalue weighted by Crippen LogP contribution is 2.30. The van der Waals surface area contributed by atoms with E-state index in [1.165, 1.54) is 29.0 Å². The summed E-state index contributed by atoms with van der Waals surface area (Å²) in [5.41, 5.74) is 0.996. The Balaban J connectivity index is 1.80. The van der Waals surface area contributed by atoms with Crippen LogP contribution in [0.3, 0.4) is 0 Å². The van der Waals surface area contributed by atoms with Gasteiger partial charge in [-0.05, 0) is 42.5 Å². The minimum atomic E-state index is 0.590. The van der Waals surface area contributed by atoms with Crippen LogP contribution in [-0.2, 0) is 0 Å². The predicted molar refractivity (Wildman–Crippen MR) is 78.6 cm³/mol. The van der Waals surface area contributed by atoms with E-state index in [1.54, 1.807) is 11.3 Å². The van der Waals surface area contributed by atoms with Gasteiger partial charge in [0.25, 0.3) is 0 Å². The molecule has 2 heterocycles. The second kappa shape index (κ2) is 5.04. The summed E-state index contributed by atoms with van der Waals surface area (Å²) < 4.78 is 1.20. The van der Waals surface area contributed by atoms with Crippen LogP contribution >= 0.6 is 34.7 Å². The maximum atomic E-state index is 5.96. The van der Waals surface area contributed by atoms with Crippen molar-refractivity contribution in [3.8, 4) is 0 Å². The molecule has 0 aliphatic carbocycles. The largest absolute Gasteiger partial charge is 0.359 e. The number of nitrogens with zero attached hydrogens (tertiary/aromatic N) is 1. The summed E-state index contributed by atoms with van der Waals surface area (Å²) in [5.74, 6) is 2.52. The summed E-state index contributed by atoms with van der Waals surface area (Å²) in [6, 6.07) is 6.47. The summed E-state index contributed by atoms with van der Waals surface area (Å²) in [5, 5.41) is 5.32. The molecule has 1 N–H and O–H groups in total. The average molecular weight is 285 g/mol. The molecule has 5 heteroatoms. The number of halogens is 1. The number of fused-ring (bicyclic) bond motifs is 1. The van der Waals surface area contributed by atoms with Gasteiger partial charge in [0.05, 0.1) is 10.2 Å². The molecule has 2 nitrogen and oxygen atoms in total. The van der Waals surface area contributed by atoms with Crippen LogP contribution in [0, 0.1) is 0 Å². The Labute approximate surface area is 114 Å². The van der Waals surface area contributed by atoms with Crippen molar-refractivity contribution in [3.05, 3.63) is 23.2 Å². The van der Waals surface area contributed by atoms with E-state index in [9.17, 15) is 0 Å². The predicted octanol–water partition coefficient (Wildman–Crippen LogP) is 4.26. The van der Waals surface area contributed by atoms with E-state index in [0.717, 1.165) is 15.7 Å². The Morgan fingerprint density at radius 3 is 2.94 bits per heavy atom. The highest BCUT2D eigenvalue weighted by atomic mass is 35.5. The van der Waals surface area contributed by atoms with Crippen molar-refractivity contribution in [3.63, 3.8) is 0 Å². The van der Waals surface area contributed by atoms with Crippen LogP contribution in [0.2, 0.25) is 5.02 Å². The summed E-state index contributed by atoms with van der Waals surface area (Å²) >= 11 is 9.71. The van der Waals surface area contributed by atoms with Crippen LogP contribution in [0.25, 0.3) is 10.2 Å². The third kappa shape index (κ3) is 2.69. The number of thioether (sulfide) groups is 1. The third-order valence-electron chi connectivity index (χ3n) is 2.90. The molecule has 0 amide bonds. The van der Waals surface area contributed by atoms with Gasteiger partial charge in [0.1, 0.15) is 0 Å². The highest BCUT2D eigenvalue weighted by molar-refractivity contribution is 7.99. The van der Waals surface area contributed by atoms with Crippen molar-refractivity contribution in [1.82, 2.24) is 4.98 Å². The standard InChI is InChI=1S/C12H13ClN2S2/c13-8-1-2-11-10(7-8)15-12(17-11)14-9-3-5-16-6-4-9/h1-2,7,9H,3-6H2,(H,14,15). The zero-order valence-electron chi connectivity index (χ0n) is 9.28. The van der Waals surface area contributed by atoms with Gasteiger partial charge in [-0.2, -0.15) is 11.8 Å². The Morgan fingerprint density at radius 2 is 2.12 bits per heavy atom. The number of aromatic nitrogens is 1. The first-order valence-electron chi connectivity index (χ1n) is 5.71. The molecule has 1 aliphatic heterocycles. The second-order valence-electron chi connectivity index (χ2n) is 4.16. The van der Waals surface area contributed by atoms with Gasteiger partial charge in [-0.15, -0.1) is 0 Å². The highest BCUT2D eigenvalue weighted by Gasteiger charge is 2.15. The lowest BCUT2D eigenvalue weighted by atomic mass is 10.2. The lowest BCUT2D eigenvalue weighted by Crippen LogP contribution is -2.24. The Bertz CT molecular complexity index is 520. The summed E-state index contributed by atoms with van der Waals surface area (Å²) in [4.78, 5) is 4.58. The molecule has 1 aromatic carbocycles. The minimum Gasteiger partial charge on any atom is -0.359 e. The SMILES string of the molecule is Clc1ccc2sc(NC3CCSCC3)nc2c1. The molecule has 2 aromatic rings. The van der Waals surface area contributed by atoms with Crippen LogP contribution in [0.1, 0.15) is 12.8 Å². The maximum Gasteiger partial charge on any atom is 0.184 e. The zero-order chi connectivity index (χ0) is 11.7. The van der Waals surface area contributed by atoms with Gasteiger partial charge in [-0.1, -0.05) is 22.9 Å². The lowest BCUT2D eigenvalue weighted by Gasteiger charge is -2.21. The maximum absolute atomic E-state index is 5.96. The average Bonchev–Trinajstić information content (AvgIpc) is 2.71. The second-order valence-corrected chi connectivity index (χ2v) is 6.85. The fraction of sp³-hybridized carbons (Fsp3) is 0.417. The zero-order valence-corrected chi connectivity index (χ0v) is 11.7. The Hall–Kier alpha value is -0.450. The number of rotatable bonds is 2. The third-order valence-corrected chi connectivity index (χ3v) is 5.15. The van der Waals surface area contributed by atoms with Crippen molar-refractivity contribution >= 4 is 50.0 Å².